The lowest BCUT2D eigenvalue weighted by Crippen LogP contribution is -2.40. The van der Waals surface area contributed by atoms with Gasteiger partial charge in [-0.1, -0.05) is 50.0 Å². The van der Waals surface area contributed by atoms with Crippen molar-refractivity contribution < 1.29 is 23.7 Å². The van der Waals surface area contributed by atoms with Gasteiger partial charge in [-0.3, -0.25) is 0 Å². The number of hydrogen-bond acceptors (Lipinski definition) is 7. The first kappa shape index (κ1) is 28.0. The maximum absolute atomic E-state index is 11.8. The topological polar surface area (TPSA) is 87.9 Å². The summed E-state index contributed by atoms with van der Waals surface area (Å²) in [5, 5.41) is 13.4. The van der Waals surface area contributed by atoms with E-state index < -0.39 is 44.7 Å². The highest BCUT2D eigenvalue weighted by Gasteiger charge is 2.58. The normalized spacial score (nSPS) is 26.2. The molecule has 2 aliphatic rings. The Morgan fingerprint density at radius 3 is 2.55 bits per heavy atom. The molecule has 5 atom stereocenters. The van der Waals surface area contributed by atoms with Crippen LogP contribution in [0.5, 0.6) is 0 Å². The van der Waals surface area contributed by atoms with Crippen LogP contribution in [0, 0.1) is 0 Å². The van der Waals surface area contributed by atoms with Crippen LogP contribution in [0.25, 0.3) is 11.0 Å². The molecule has 0 radical (unpaired) electrons. The Bertz CT molecular complexity index is 1340. The van der Waals surface area contributed by atoms with Crippen molar-refractivity contribution in [1.82, 2.24) is 14.5 Å². The van der Waals surface area contributed by atoms with Crippen LogP contribution in [-0.4, -0.2) is 52.1 Å². The van der Waals surface area contributed by atoms with E-state index in [0.29, 0.717) is 33.4 Å². The molecule has 11 heteroatoms. The summed E-state index contributed by atoms with van der Waals surface area (Å²) in [7, 11) is -2.03. The predicted octanol–water partition coefficient (Wildman–Crippen LogP) is 6.41. The van der Waals surface area contributed by atoms with E-state index in [9.17, 15) is 5.11 Å². The smallest absolute Gasteiger partial charge is 0.192 e. The fourth-order valence-electron chi connectivity index (χ4n) is 4.86. The number of hydrogen-bond donors (Lipinski definition) is 1. The standard InChI is InChI=1S/C27H35Cl2N3O5Si/c1-26(2,3)38(6,7)34-13-15-8-9-16(28)12-18(15)19(33)20-21-22(37-27(4,5)36-21)25(35-20)32-11-10-17-23(29)30-14-31-24(17)32/h8-12,14,19-22,25,33H,13H2,1-7H3/t19-,20-,21-,22-,25-/m1/s1. The van der Waals surface area contributed by atoms with Crippen LogP contribution in [0.1, 0.15) is 58.1 Å². The van der Waals surface area contributed by atoms with Crippen LogP contribution in [0.4, 0.5) is 0 Å². The van der Waals surface area contributed by atoms with Gasteiger partial charge >= 0.3 is 0 Å². The number of halogens is 2. The van der Waals surface area contributed by atoms with Crippen molar-refractivity contribution >= 4 is 42.6 Å². The van der Waals surface area contributed by atoms with Crippen molar-refractivity contribution in [1.29, 1.82) is 0 Å². The average Bonchev–Trinajstić information content (AvgIpc) is 3.48. The van der Waals surface area contributed by atoms with Gasteiger partial charge in [0.2, 0.25) is 0 Å². The first-order valence-electron chi connectivity index (χ1n) is 12.8. The fourth-order valence-corrected chi connectivity index (χ4v) is 6.18. The van der Waals surface area contributed by atoms with Gasteiger partial charge in [0, 0.05) is 11.2 Å². The number of nitrogens with zero attached hydrogens (tertiary/aromatic N) is 3. The second-order valence-corrected chi connectivity index (χ2v) is 17.6. The summed E-state index contributed by atoms with van der Waals surface area (Å²) in [6.07, 6.45) is -0.137. The molecule has 5 rings (SSSR count). The van der Waals surface area contributed by atoms with E-state index in [4.69, 9.17) is 41.8 Å². The molecule has 0 unspecified atom stereocenters. The molecule has 2 aliphatic heterocycles. The molecule has 1 N–H and O–H groups in total. The predicted molar refractivity (Wildman–Crippen MR) is 149 cm³/mol. The van der Waals surface area contributed by atoms with E-state index in [1.165, 1.54) is 6.33 Å². The summed E-state index contributed by atoms with van der Waals surface area (Å²) in [6, 6.07) is 7.35. The van der Waals surface area contributed by atoms with Crippen LogP contribution >= 0.6 is 23.2 Å². The molecule has 0 saturated carbocycles. The molecule has 1 aromatic carbocycles. The van der Waals surface area contributed by atoms with Crippen LogP contribution in [-0.2, 0) is 25.2 Å². The molecular weight excluding hydrogens is 545 g/mol. The number of aromatic nitrogens is 3. The molecule has 0 amide bonds. The highest BCUT2D eigenvalue weighted by atomic mass is 35.5. The zero-order chi connectivity index (χ0) is 27.6. The van der Waals surface area contributed by atoms with Crippen molar-refractivity contribution in [2.75, 3.05) is 0 Å². The first-order chi connectivity index (χ1) is 17.7. The maximum atomic E-state index is 11.8. The molecule has 8 nitrogen and oxygen atoms in total. The number of benzene rings is 1. The molecule has 38 heavy (non-hydrogen) atoms. The molecule has 2 fully saturated rings. The molecule has 3 aromatic rings. The SMILES string of the molecule is CC1(C)O[C@H]2[C@@H](O1)[C@H](n1ccc3c(Cl)ncnc31)O[C@@H]2[C@H](O)c1cc(Cl)ccc1CO[Si](C)(C)C(C)(C)C. The van der Waals surface area contributed by atoms with E-state index in [-0.39, 0.29) is 5.04 Å². The van der Waals surface area contributed by atoms with E-state index in [1.54, 1.807) is 6.07 Å². The van der Waals surface area contributed by atoms with E-state index in [1.807, 2.05) is 42.8 Å². The zero-order valence-electron chi connectivity index (χ0n) is 22.7. The third kappa shape index (κ3) is 5.04. The lowest BCUT2D eigenvalue weighted by molar-refractivity contribution is -0.207. The molecule has 0 aliphatic carbocycles. The Kier molecular flexibility index (Phi) is 7.23. The largest absolute Gasteiger partial charge is 0.413 e. The highest BCUT2D eigenvalue weighted by Crippen LogP contribution is 2.48. The summed E-state index contributed by atoms with van der Waals surface area (Å²) >= 11 is 12.7. The summed E-state index contributed by atoms with van der Waals surface area (Å²) in [6.45, 7) is 15.1. The Morgan fingerprint density at radius 1 is 1.13 bits per heavy atom. The minimum absolute atomic E-state index is 0.0554. The molecule has 2 saturated heterocycles. The van der Waals surface area contributed by atoms with Crippen LogP contribution in [0.2, 0.25) is 28.3 Å². The second kappa shape index (κ2) is 9.81. The van der Waals surface area contributed by atoms with Gasteiger partial charge < -0.3 is 28.3 Å². The molecule has 0 spiro atoms. The van der Waals surface area contributed by atoms with Crippen molar-refractivity contribution in [2.24, 2.45) is 0 Å². The van der Waals surface area contributed by atoms with Gasteiger partial charge in [0.05, 0.1) is 12.0 Å². The van der Waals surface area contributed by atoms with Gasteiger partial charge in [0.15, 0.2) is 20.3 Å². The lowest BCUT2D eigenvalue weighted by atomic mass is 9.95. The number of ether oxygens (including phenoxy) is 3. The van der Waals surface area contributed by atoms with E-state index in [2.05, 4.69) is 43.8 Å². The van der Waals surface area contributed by atoms with Crippen LogP contribution < -0.4 is 0 Å². The molecule has 2 aromatic heterocycles. The van der Waals surface area contributed by atoms with Gasteiger partial charge in [-0.2, -0.15) is 0 Å². The van der Waals surface area contributed by atoms with Gasteiger partial charge in [-0.05, 0) is 61.3 Å². The first-order valence-corrected chi connectivity index (χ1v) is 16.4. The Hall–Kier alpha value is -1.56. The Labute approximate surface area is 234 Å². The number of aliphatic hydroxyl groups is 1. The third-order valence-corrected chi connectivity index (χ3v) is 12.9. The maximum Gasteiger partial charge on any atom is 0.192 e. The summed E-state index contributed by atoms with van der Waals surface area (Å²) in [5.74, 6) is -0.854. The lowest BCUT2D eigenvalue weighted by Gasteiger charge is -2.36. The van der Waals surface area contributed by atoms with Gasteiger partial charge in [-0.25, -0.2) is 9.97 Å². The Balaban J connectivity index is 1.48. The molecule has 206 valence electrons. The monoisotopic (exact) mass is 579 g/mol. The van der Waals surface area contributed by atoms with Gasteiger partial charge in [0.25, 0.3) is 0 Å². The van der Waals surface area contributed by atoms with Crippen molar-refractivity contribution in [3.05, 3.63) is 58.1 Å². The summed E-state index contributed by atoms with van der Waals surface area (Å²) < 4.78 is 27.4. The zero-order valence-corrected chi connectivity index (χ0v) is 25.2. The van der Waals surface area contributed by atoms with Crippen molar-refractivity contribution in [3.63, 3.8) is 0 Å². The molecule has 0 bridgehead atoms. The minimum atomic E-state index is -2.03. The number of fused-ring (bicyclic) bond motifs is 2. The molecular formula is C27H35Cl2N3O5Si. The van der Waals surface area contributed by atoms with Crippen molar-refractivity contribution in [2.45, 2.75) is 95.8 Å². The summed E-state index contributed by atoms with van der Waals surface area (Å²) in [5.41, 5.74) is 2.12. The van der Waals surface area contributed by atoms with Crippen LogP contribution in [0.3, 0.4) is 0 Å². The average molecular weight is 581 g/mol. The van der Waals surface area contributed by atoms with Gasteiger partial charge in [0.1, 0.15) is 41.5 Å². The van der Waals surface area contributed by atoms with E-state index in [0.717, 1.165) is 5.56 Å². The minimum Gasteiger partial charge on any atom is -0.413 e. The Morgan fingerprint density at radius 2 is 1.84 bits per heavy atom. The highest BCUT2D eigenvalue weighted by molar-refractivity contribution is 6.74. The van der Waals surface area contributed by atoms with Gasteiger partial charge in [-0.15, -0.1) is 0 Å². The number of aliphatic hydroxyl groups excluding tert-OH is 1. The third-order valence-electron chi connectivity index (χ3n) is 7.93. The quantitative estimate of drug-likeness (QED) is 0.266. The van der Waals surface area contributed by atoms with E-state index >= 15 is 0 Å². The molecule has 4 heterocycles. The van der Waals surface area contributed by atoms with Crippen LogP contribution in [0.15, 0.2) is 36.8 Å². The fraction of sp³-hybridized carbons (Fsp3) is 0.556. The second-order valence-electron chi connectivity index (χ2n) is 12.0. The number of rotatable bonds is 6. The summed E-state index contributed by atoms with van der Waals surface area (Å²) in [4.78, 5) is 8.49. The van der Waals surface area contributed by atoms with Crippen molar-refractivity contribution in [3.8, 4) is 0 Å².